The monoisotopic (exact) mass is 254 g/mol. The van der Waals surface area contributed by atoms with Crippen molar-refractivity contribution >= 4 is 23.0 Å². The largest absolute Gasteiger partial charge is 0.396 e. The van der Waals surface area contributed by atoms with Crippen LogP contribution < -0.4 is 11.1 Å². The van der Waals surface area contributed by atoms with Crippen molar-refractivity contribution in [2.24, 2.45) is 11.8 Å². The van der Waals surface area contributed by atoms with E-state index in [4.69, 9.17) is 17.3 Å². The second kappa shape index (κ2) is 5.61. The Morgan fingerprint density at radius 1 is 1.35 bits per heavy atom. The summed E-state index contributed by atoms with van der Waals surface area (Å²) in [5.74, 6) is 0.973. The summed E-state index contributed by atoms with van der Waals surface area (Å²) in [6.45, 7) is 1.15. The van der Waals surface area contributed by atoms with Crippen LogP contribution in [0, 0.1) is 11.8 Å². The van der Waals surface area contributed by atoms with Crippen LogP contribution in [-0.4, -0.2) is 18.3 Å². The van der Waals surface area contributed by atoms with Crippen molar-refractivity contribution in [3.63, 3.8) is 0 Å². The van der Waals surface area contributed by atoms with Crippen molar-refractivity contribution in [3.05, 3.63) is 23.2 Å². The van der Waals surface area contributed by atoms with E-state index in [1.807, 2.05) is 12.1 Å². The molecule has 2 unspecified atom stereocenters. The molecule has 0 aliphatic heterocycles. The maximum Gasteiger partial charge on any atom is 0.0739 e. The smallest absolute Gasteiger partial charge is 0.0739 e. The van der Waals surface area contributed by atoms with E-state index in [0.29, 0.717) is 22.5 Å². The Bertz CT molecular complexity index is 384. The van der Waals surface area contributed by atoms with Gasteiger partial charge >= 0.3 is 0 Å². The first-order chi connectivity index (χ1) is 8.22. The van der Waals surface area contributed by atoms with Gasteiger partial charge in [-0.05, 0) is 36.8 Å². The highest BCUT2D eigenvalue weighted by Gasteiger charge is 2.26. The molecule has 0 heterocycles. The zero-order valence-corrected chi connectivity index (χ0v) is 10.6. The molecule has 1 saturated carbocycles. The number of aliphatic hydroxyl groups excluding tert-OH is 1. The summed E-state index contributed by atoms with van der Waals surface area (Å²) in [5.41, 5.74) is 7.38. The highest BCUT2D eigenvalue weighted by Crippen LogP contribution is 2.33. The summed E-state index contributed by atoms with van der Waals surface area (Å²) in [6.07, 6.45) is 3.52. The Labute approximate surface area is 107 Å². The Morgan fingerprint density at radius 3 is 2.88 bits per heavy atom. The number of rotatable bonds is 4. The van der Waals surface area contributed by atoms with Crippen LogP contribution in [0.3, 0.4) is 0 Å². The molecule has 2 rings (SSSR count). The van der Waals surface area contributed by atoms with Crippen LogP contribution >= 0.6 is 11.6 Å². The van der Waals surface area contributed by atoms with Gasteiger partial charge in [0.2, 0.25) is 0 Å². The fourth-order valence-electron chi connectivity index (χ4n) is 2.55. The SMILES string of the molecule is Nc1c(Cl)cccc1NCC1CCCC1CO. The van der Waals surface area contributed by atoms with E-state index < -0.39 is 0 Å². The van der Waals surface area contributed by atoms with Crippen molar-refractivity contribution in [2.75, 3.05) is 24.2 Å². The molecule has 1 aromatic carbocycles. The first-order valence-corrected chi connectivity index (χ1v) is 6.49. The molecule has 1 aromatic rings. The van der Waals surface area contributed by atoms with Crippen LogP contribution in [0.1, 0.15) is 19.3 Å². The number of benzene rings is 1. The van der Waals surface area contributed by atoms with Crippen molar-refractivity contribution in [3.8, 4) is 0 Å². The van der Waals surface area contributed by atoms with Gasteiger partial charge < -0.3 is 16.2 Å². The van der Waals surface area contributed by atoms with Gasteiger partial charge in [0, 0.05) is 13.2 Å². The zero-order valence-electron chi connectivity index (χ0n) is 9.82. The maximum atomic E-state index is 9.26. The normalized spacial score (nSPS) is 23.9. The summed E-state index contributed by atoms with van der Waals surface area (Å²) in [7, 11) is 0. The maximum absolute atomic E-state index is 9.26. The lowest BCUT2D eigenvalue weighted by molar-refractivity contribution is 0.199. The van der Waals surface area contributed by atoms with Gasteiger partial charge in [0.15, 0.2) is 0 Å². The molecule has 0 radical (unpaired) electrons. The lowest BCUT2D eigenvalue weighted by Crippen LogP contribution is -2.21. The lowest BCUT2D eigenvalue weighted by atomic mass is 9.97. The third kappa shape index (κ3) is 2.85. The molecule has 0 spiro atoms. The molecule has 4 N–H and O–H groups in total. The number of para-hydroxylation sites is 1. The average molecular weight is 255 g/mol. The molecule has 0 bridgehead atoms. The molecule has 3 nitrogen and oxygen atoms in total. The molecule has 0 aromatic heterocycles. The number of hydrogen-bond donors (Lipinski definition) is 3. The fourth-order valence-corrected chi connectivity index (χ4v) is 2.73. The van der Waals surface area contributed by atoms with Crippen LogP contribution in [0.5, 0.6) is 0 Å². The topological polar surface area (TPSA) is 58.3 Å². The molecule has 0 saturated heterocycles. The summed E-state index contributed by atoms with van der Waals surface area (Å²) in [6, 6.07) is 5.61. The van der Waals surface area contributed by atoms with Gasteiger partial charge in [-0.25, -0.2) is 0 Å². The van der Waals surface area contributed by atoms with E-state index in [1.54, 1.807) is 6.07 Å². The van der Waals surface area contributed by atoms with E-state index in [0.717, 1.165) is 18.7 Å². The Hall–Kier alpha value is -0.930. The Morgan fingerprint density at radius 2 is 2.12 bits per heavy atom. The third-order valence-electron chi connectivity index (χ3n) is 3.66. The molecule has 1 aliphatic rings. The molecule has 4 heteroatoms. The zero-order chi connectivity index (χ0) is 12.3. The number of nitrogens with one attached hydrogen (secondary N) is 1. The van der Waals surface area contributed by atoms with Crippen molar-refractivity contribution < 1.29 is 5.11 Å². The van der Waals surface area contributed by atoms with Gasteiger partial charge in [-0.1, -0.05) is 24.1 Å². The van der Waals surface area contributed by atoms with E-state index in [2.05, 4.69) is 5.32 Å². The number of nitrogens with two attached hydrogens (primary N) is 1. The predicted molar refractivity (Wildman–Crippen MR) is 72.3 cm³/mol. The van der Waals surface area contributed by atoms with Gasteiger partial charge in [-0.2, -0.15) is 0 Å². The van der Waals surface area contributed by atoms with Crippen LogP contribution in [-0.2, 0) is 0 Å². The number of nitrogen functional groups attached to an aromatic ring is 1. The van der Waals surface area contributed by atoms with Crippen molar-refractivity contribution in [2.45, 2.75) is 19.3 Å². The van der Waals surface area contributed by atoms with Gasteiger partial charge in [0.1, 0.15) is 0 Å². The first kappa shape index (κ1) is 12.5. The van der Waals surface area contributed by atoms with Gasteiger partial charge in [-0.15, -0.1) is 0 Å². The van der Waals surface area contributed by atoms with Gasteiger partial charge in [0.25, 0.3) is 0 Å². The molecule has 0 amide bonds. The fraction of sp³-hybridized carbons (Fsp3) is 0.538. The highest BCUT2D eigenvalue weighted by atomic mass is 35.5. The van der Waals surface area contributed by atoms with E-state index in [-0.39, 0.29) is 6.61 Å². The number of halogens is 1. The minimum atomic E-state index is 0.289. The second-order valence-corrected chi connectivity index (χ2v) is 5.12. The Balaban J connectivity index is 1.95. The summed E-state index contributed by atoms with van der Waals surface area (Å²) in [4.78, 5) is 0. The van der Waals surface area contributed by atoms with Crippen LogP contribution in [0.25, 0.3) is 0 Å². The van der Waals surface area contributed by atoms with E-state index >= 15 is 0 Å². The van der Waals surface area contributed by atoms with E-state index in [9.17, 15) is 5.11 Å². The first-order valence-electron chi connectivity index (χ1n) is 6.11. The third-order valence-corrected chi connectivity index (χ3v) is 3.99. The summed E-state index contributed by atoms with van der Waals surface area (Å²) < 4.78 is 0. The molecular formula is C13H19ClN2O. The average Bonchev–Trinajstić information content (AvgIpc) is 2.78. The number of anilines is 2. The van der Waals surface area contributed by atoms with E-state index in [1.165, 1.54) is 12.8 Å². The molecule has 1 fully saturated rings. The van der Waals surface area contributed by atoms with Crippen LogP contribution in [0.15, 0.2) is 18.2 Å². The molecule has 1 aliphatic carbocycles. The minimum Gasteiger partial charge on any atom is -0.396 e. The van der Waals surface area contributed by atoms with Crippen LogP contribution in [0.2, 0.25) is 5.02 Å². The van der Waals surface area contributed by atoms with Gasteiger partial charge in [0.05, 0.1) is 16.4 Å². The lowest BCUT2D eigenvalue weighted by Gasteiger charge is -2.19. The quantitative estimate of drug-likeness (QED) is 0.724. The van der Waals surface area contributed by atoms with Gasteiger partial charge in [-0.3, -0.25) is 0 Å². The van der Waals surface area contributed by atoms with Crippen LogP contribution in [0.4, 0.5) is 11.4 Å². The molecule has 17 heavy (non-hydrogen) atoms. The van der Waals surface area contributed by atoms with Crippen molar-refractivity contribution in [1.29, 1.82) is 0 Å². The number of aliphatic hydroxyl groups is 1. The number of hydrogen-bond acceptors (Lipinski definition) is 3. The molecule has 2 atom stereocenters. The Kier molecular flexibility index (Phi) is 4.13. The predicted octanol–water partition coefficient (Wildman–Crippen LogP) is 2.74. The second-order valence-electron chi connectivity index (χ2n) is 4.72. The molecule has 94 valence electrons. The highest BCUT2D eigenvalue weighted by molar-refractivity contribution is 6.33. The standard InChI is InChI=1S/C13H19ClN2O/c14-11-5-2-6-12(13(11)15)16-7-9-3-1-4-10(9)8-17/h2,5-6,9-10,16-17H,1,3-4,7-8,15H2. The molecular weight excluding hydrogens is 236 g/mol. The summed E-state index contributed by atoms with van der Waals surface area (Å²) in [5, 5.41) is 13.2. The van der Waals surface area contributed by atoms with Crippen molar-refractivity contribution in [1.82, 2.24) is 0 Å². The summed E-state index contributed by atoms with van der Waals surface area (Å²) >= 11 is 5.96. The minimum absolute atomic E-state index is 0.289.